The second kappa shape index (κ2) is 9.70. The molecule has 0 aliphatic heterocycles. The van der Waals surface area contributed by atoms with Gasteiger partial charge in [0, 0.05) is 12.3 Å². The maximum absolute atomic E-state index is 12.8. The number of allylic oxidation sites excluding steroid dienone is 2. The molecule has 0 aromatic rings. The minimum atomic E-state index is -0.570. The molecule has 210 valence electrons. The van der Waals surface area contributed by atoms with Crippen molar-refractivity contribution in [2.45, 2.75) is 139 Å². The lowest BCUT2D eigenvalue weighted by atomic mass is 9.38. The second-order valence-corrected chi connectivity index (χ2v) is 15.3. The van der Waals surface area contributed by atoms with E-state index < -0.39 is 11.4 Å². The number of fused-ring (bicyclic) bond motifs is 5. The van der Waals surface area contributed by atoms with Gasteiger partial charge in [-0.1, -0.05) is 73.0 Å². The number of unbranched alkanes of at least 4 members (excludes halogenated alkanes) is 1. The Morgan fingerprint density at radius 1 is 1.11 bits per heavy atom. The number of esters is 1. The van der Waals surface area contributed by atoms with E-state index in [0.717, 1.165) is 64.2 Å². The first-order valence-electron chi connectivity index (χ1n) is 15.2. The Kier molecular flexibility index (Phi) is 7.52. The lowest BCUT2D eigenvalue weighted by molar-refractivity contribution is -0.167. The molecule has 0 saturated heterocycles. The lowest BCUT2D eigenvalue weighted by Gasteiger charge is -2.66. The van der Waals surface area contributed by atoms with E-state index in [1.165, 1.54) is 18.4 Å². The quantitative estimate of drug-likeness (QED) is 0.273. The van der Waals surface area contributed by atoms with Gasteiger partial charge in [-0.2, -0.15) is 0 Å². The minimum absolute atomic E-state index is 0.0279. The van der Waals surface area contributed by atoms with Crippen LogP contribution >= 0.6 is 0 Å². The third-order valence-corrected chi connectivity index (χ3v) is 12.6. The molecule has 4 aliphatic rings. The van der Waals surface area contributed by atoms with Crippen LogP contribution in [0.15, 0.2) is 11.6 Å². The molecule has 0 aromatic heterocycles. The summed E-state index contributed by atoms with van der Waals surface area (Å²) in [5, 5.41) is 10.5. The van der Waals surface area contributed by atoms with E-state index >= 15 is 0 Å². The van der Waals surface area contributed by atoms with Crippen molar-refractivity contribution in [3.05, 3.63) is 11.6 Å². The van der Waals surface area contributed by atoms with Crippen LogP contribution in [0.25, 0.3) is 0 Å². The summed E-state index contributed by atoms with van der Waals surface area (Å²) in [6.45, 7) is 18.1. The van der Waals surface area contributed by atoms with Gasteiger partial charge >= 0.3 is 11.9 Å². The molecule has 4 aliphatic carbocycles. The van der Waals surface area contributed by atoms with Gasteiger partial charge in [-0.15, -0.1) is 0 Å². The molecule has 4 heteroatoms. The summed E-state index contributed by atoms with van der Waals surface area (Å²) in [5.41, 5.74) is 1.33. The number of rotatable bonds is 7. The van der Waals surface area contributed by atoms with Crippen molar-refractivity contribution in [1.29, 1.82) is 0 Å². The summed E-state index contributed by atoms with van der Waals surface area (Å²) < 4.78 is 5.94. The maximum atomic E-state index is 12.8. The summed E-state index contributed by atoms with van der Waals surface area (Å²) in [6, 6.07) is 0. The van der Waals surface area contributed by atoms with Crippen LogP contribution in [0.1, 0.15) is 132 Å². The molecule has 7 atom stereocenters. The summed E-state index contributed by atoms with van der Waals surface area (Å²) in [5.74, 6) is 0.573. The van der Waals surface area contributed by atoms with E-state index in [1.54, 1.807) is 6.92 Å². The Morgan fingerprint density at radius 2 is 1.78 bits per heavy atom. The average molecular weight is 515 g/mol. The molecule has 0 heterocycles. The average Bonchev–Trinajstić information content (AvgIpc) is 2.80. The van der Waals surface area contributed by atoms with Gasteiger partial charge in [0.1, 0.15) is 6.10 Å². The van der Waals surface area contributed by atoms with Gasteiger partial charge in [0.25, 0.3) is 0 Å². The zero-order chi connectivity index (χ0) is 27.4. The molecule has 1 N–H and O–H groups in total. The van der Waals surface area contributed by atoms with E-state index in [4.69, 9.17) is 4.74 Å². The zero-order valence-corrected chi connectivity index (χ0v) is 25.0. The molecule has 0 radical (unpaired) electrons. The predicted molar refractivity (Wildman–Crippen MR) is 149 cm³/mol. The van der Waals surface area contributed by atoms with Crippen LogP contribution in [0.2, 0.25) is 0 Å². The first-order chi connectivity index (χ1) is 17.1. The smallest absolute Gasteiger partial charge is 0.310 e. The number of carbonyl (C=O) groups excluding carboxylic acids is 1. The number of aliphatic carboxylic acids is 1. The molecule has 4 rings (SSSR count). The summed E-state index contributed by atoms with van der Waals surface area (Å²) in [7, 11) is 0. The van der Waals surface area contributed by atoms with Gasteiger partial charge in [0.2, 0.25) is 0 Å². The summed E-state index contributed by atoms with van der Waals surface area (Å²) in [6.07, 6.45) is 14.8. The molecule has 37 heavy (non-hydrogen) atoms. The van der Waals surface area contributed by atoms with Crippen LogP contribution in [0.5, 0.6) is 0 Å². The fourth-order valence-corrected chi connectivity index (χ4v) is 9.50. The molecule has 0 spiro atoms. The van der Waals surface area contributed by atoms with Crippen molar-refractivity contribution in [3.8, 4) is 0 Å². The van der Waals surface area contributed by atoms with Gasteiger partial charge in [0.15, 0.2) is 0 Å². The highest BCUT2D eigenvalue weighted by Gasteiger charge is 2.65. The van der Waals surface area contributed by atoms with Gasteiger partial charge in [-0.3, -0.25) is 9.59 Å². The van der Waals surface area contributed by atoms with Crippen molar-refractivity contribution in [2.24, 2.45) is 44.8 Å². The largest absolute Gasteiger partial charge is 0.481 e. The van der Waals surface area contributed by atoms with Crippen molar-refractivity contribution in [2.75, 3.05) is 0 Å². The lowest BCUT2D eigenvalue weighted by Crippen LogP contribution is -2.59. The standard InChI is InChI=1S/C33H54O4/c1-9-10-11-27(37-22(2)34)30(5,6)23-14-15-31(7)24(20-23)12-13-25-26-21-29(3,4)16-18-33(26,28(35)36)19-17-32(25,31)8/h13,23-24,26-27H,9-12,14-21H2,1-8H3,(H,35,36)/t23-,24-,26+,27+,31-,32-,33+/m1/s1. The highest BCUT2D eigenvalue weighted by atomic mass is 16.5. The van der Waals surface area contributed by atoms with E-state index in [9.17, 15) is 14.7 Å². The molecule has 0 amide bonds. The van der Waals surface area contributed by atoms with Gasteiger partial charge < -0.3 is 9.84 Å². The van der Waals surface area contributed by atoms with Crippen LogP contribution in [-0.2, 0) is 14.3 Å². The van der Waals surface area contributed by atoms with Crippen LogP contribution in [-0.4, -0.2) is 23.1 Å². The molecule has 4 nitrogen and oxygen atoms in total. The highest BCUT2D eigenvalue weighted by molar-refractivity contribution is 5.76. The summed E-state index contributed by atoms with van der Waals surface area (Å²) >= 11 is 0. The van der Waals surface area contributed by atoms with Crippen LogP contribution in [0.3, 0.4) is 0 Å². The summed E-state index contributed by atoms with van der Waals surface area (Å²) in [4.78, 5) is 24.8. The first-order valence-corrected chi connectivity index (χ1v) is 15.2. The Labute approximate surface area is 226 Å². The molecular formula is C33H54O4. The Morgan fingerprint density at radius 3 is 2.41 bits per heavy atom. The van der Waals surface area contributed by atoms with Crippen molar-refractivity contribution in [1.82, 2.24) is 0 Å². The number of hydrogen-bond acceptors (Lipinski definition) is 3. The number of ether oxygens (including phenoxy) is 1. The predicted octanol–water partition coefficient (Wildman–Crippen LogP) is 8.58. The van der Waals surface area contributed by atoms with Crippen LogP contribution in [0.4, 0.5) is 0 Å². The Bertz CT molecular complexity index is 931. The monoisotopic (exact) mass is 514 g/mol. The third-order valence-electron chi connectivity index (χ3n) is 12.6. The van der Waals surface area contributed by atoms with Crippen LogP contribution < -0.4 is 0 Å². The third kappa shape index (κ3) is 4.61. The maximum Gasteiger partial charge on any atom is 0.310 e. The van der Waals surface area contributed by atoms with E-state index in [2.05, 4.69) is 54.5 Å². The van der Waals surface area contributed by atoms with E-state index in [1.807, 2.05) is 0 Å². The number of carbonyl (C=O) groups is 2. The molecule has 3 fully saturated rings. The van der Waals surface area contributed by atoms with E-state index in [-0.39, 0.29) is 39.7 Å². The fraction of sp³-hybridized carbons (Fsp3) is 0.879. The zero-order valence-electron chi connectivity index (χ0n) is 25.0. The Balaban J connectivity index is 1.63. The SMILES string of the molecule is CCCC[C@H](OC(C)=O)C(C)(C)[C@@H]1CC[C@]2(C)[C@H](CC=C3[C@@H]4CC(C)(C)CC[C@]4(C(=O)O)CC[C@]32C)C1. The molecular weight excluding hydrogens is 460 g/mol. The molecule has 0 aromatic carbocycles. The van der Waals surface area contributed by atoms with Crippen molar-refractivity contribution in [3.63, 3.8) is 0 Å². The van der Waals surface area contributed by atoms with Crippen molar-refractivity contribution >= 4 is 11.9 Å². The first kappa shape index (κ1) is 28.7. The second-order valence-electron chi connectivity index (χ2n) is 15.3. The van der Waals surface area contributed by atoms with Gasteiger partial charge in [-0.05, 0) is 98.2 Å². The van der Waals surface area contributed by atoms with Gasteiger partial charge in [0.05, 0.1) is 5.41 Å². The van der Waals surface area contributed by atoms with Crippen LogP contribution in [0, 0.1) is 44.8 Å². The minimum Gasteiger partial charge on any atom is -0.481 e. The van der Waals surface area contributed by atoms with Gasteiger partial charge in [-0.25, -0.2) is 0 Å². The molecule has 0 unspecified atom stereocenters. The number of hydrogen-bond donors (Lipinski definition) is 1. The normalized spacial score (nSPS) is 39.9. The number of carboxylic acid groups (broad SMARTS) is 1. The molecule has 0 bridgehead atoms. The fourth-order valence-electron chi connectivity index (χ4n) is 9.50. The topological polar surface area (TPSA) is 63.6 Å². The highest BCUT2D eigenvalue weighted by Crippen LogP contribution is 2.71. The number of carboxylic acids is 1. The van der Waals surface area contributed by atoms with Crippen molar-refractivity contribution < 1.29 is 19.4 Å². The van der Waals surface area contributed by atoms with E-state index in [0.29, 0.717) is 11.8 Å². The Hall–Kier alpha value is -1.32. The molecule has 3 saturated carbocycles.